The minimum atomic E-state index is 0.884. The smallest absolute Gasteiger partial charge is 0.161 e. The Morgan fingerprint density at radius 1 is 0.139 bits per heavy atom. The Morgan fingerprint density at radius 3 is 1.01 bits per heavy atom. The summed E-state index contributed by atoms with van der Waals surface area (Å²) in [5.74, 6) is 0. The number of aromatic nitrogens is 3. The maximum atomic E-state index is 6.62. The quantitative estimate of drug-likeness (QED) is 0.135. The van der Waals surface area contributed by atoms with Gasteiger partial charge in [-0.05, 0) is 252 Å². The fraction of sp³-hybridized carbons (Fsp3) is 0. The molecule has 137 heavy (non-hydrogen) atoms. The number of nitrogens with zero attached hydrogens (tertiary/aromatic N) is 3. The molecule has 0 atom stereocenters. The van der Waals surface area contributed by atoms with Gasteiger partial charge in [-0.2, -0.15) is 0 Å². The summed E-state index contributed by atoms with van der Waals surface area (Å²) in [6.07, 6.45) is 0. The molecule has 0 aliphatic heterocycles. The molecule has 9 aromatic heterocycles. The Balaban J connectivity index is 0.000000102. The summed E-state index contributed by atoms with van der Waals surface area (Å²) in [6.45, 7) is 0. The maximum Gasteiger partial charge on any atom is 0.161 e. The second kappa shape index (κ2) is 31.1. The zero-order chi connectivity index (χ0) is 89.9. The standard InChI is InChI=1S/C44H27NO2.2C42H25NO2/c1-3-12-28(13-4-1)34-20-10-21-36-41-33(19-11-23-40(41)47-43(34)36)31-15-9-14-29(26-31)30-24-25-39-37(27-30)42-44(46-39)35-18-7-8-22-38(35)45(42)32-16-5-2-6-17-32;1-2-13-30(14-3-1)43-36-18-7-6-16-33(36)42-40(43)35-25-28(21-23-37(35)44-42)27-11-8-12-29(24-27)31-17-9-19-38-39(31)34-22-20-26-10-4-5-15-32(26)41(34)45-38;1-2-14-31(15-3-1)43-36-18-7-6-16-34(36)42-41(43)40-32(17-9-19-37(40)45-42)30-13-8-12-26(22-30)29-20-21-33-35-23-27-10-4-5-11-28(27)24-39(35)44-38(33)25-29/h1-27H;2*1-25H. The van der Waals surface area contributed by atoms with E-state index in [1.807, 2.05) is 6.07 Å². The minimum Gasteiger partial charge on any atom is -0.456 e. The van der Waals surface area contributed by atoms with Gasteiger partial charge in [0.15, 0.2) is 16.7 Å². The van der Waals surface area contributed by atoms with Gasteiger partial charge in [0.1, 0.15) is 66.8 Å². The topological polar surface area (TPSA) is 93.6 Å². The molecule has 0 unspecified atom stereocenters. The molecule has 0 aliphatic carbocycles. The van der Waals surface area contributed by atoms with E-state index < -0.39 is 0 Å². The lowest BCUT2D eigenvalue weighted by Crippen LogP contribution is -1.93. The molecule has 0 spiro atoms. The van der Waals surface area contributed by atoms with Crippen LogP contribution in [0.4, 0.5) is 0 Å². The molecule has 0 radical (unpaired) electrons. The third-order valence-corrected chi connectivity index (χ3v) is 27.8. The van der Waals surface area contributed by atoms with Gasteiger partial charge in [-0.1, -0.05) is 303 Å². The van der Waals surface area contributed by atoms with E-state index in [9.17, 15) is 0 Å². The fourth-order valence-corrected chi connectivity index (χ4v) is 21.6. The summed E-state index contributed by atoms with van der Waals surface area (Å²) in [5.41, 5.74) is 36.9. The molecule has 640 valence electrons. The lowest BCUT2D eigenvalue weighted by atomic mass is 9.95. The summed E-state index contributed by atoms with van der Waals surface area (Å²) in [4.78, 5) is 0. The Bertz CT molecular complexity index is 10100. The Kier molecular flexibility index (Phi) is 17.6. The summed E-state index contributed by atoms with van der Waals surface area (Å²) in [6, 6.07) is 165. The van der Waals surface area contributed by atoms with Gasteiger partial charge in [0.2, 0.25) is 0 Å². The van der Waals surface area contributed by atoms with E-state index >= 15 is 0 Å². The molecule has 30 aromatic rings. The van der Waals surface area contributed by atoms with E-state index in [2.05, 4.69) is 475 Å². The average molecular weight is 1750 g/mol. The first-order valence-corrected chi connectivity index (χ1v) is 46.5. The molecule has 0 saturated heterocycles. The molecule has 21 aromatic carbocycles. The van der Waals surface area contributed by atoms with Crippen molar-refractivity contribution in [1.29, 1.82) is 0 Å². The summed E-state index contributed by atoms with van der Waals surface area (Å²) in [7, 11) is 0. The second-order valence-electron chi connectivity index (χ2n) is 35.5. The number of fused-ring (bicyclic) bond motifs is 27. The Hall–Kier alpha value is -18.4. The van der Waals surface area contributed by atoms with E-state index in [1.165, 1.54) is 21.7 Å². The van der Waals surface area contributed by atoms with Crippen LogP contribution in [-0.4, -0.2) is 13.7 Å². The number of para-hydroxylation sites is 7. The van der Waals surface area contributed by atoms with Crippen LogP contribution in [0.5, 0.6) is 0 Å². The van der Waals surface area contributed by atoms with Gasteiger partial charge in [-0.3, -0.25) is 0 Å². The molecule has 0 amide bonds. The molecule has 0 aliphatic rings. The monoisotopic (exact) mass is 1750 g/mol. The van der Waals surface area contributed by atoms with Crippen LogP contribution in [0.15, 0.2) is 494 Å². The molecule has 9 heterocycles. The number of benzene rings is 21. The van der Waals surface area contributed by atoms with Gasteiger partial charge in [0, 0.05) is 87.3 Å². The van der Waals surface area contributed by atoms with Gasteiger partial charge in [0.05, 0.1) is 21.9 Å². The van der Waals surface area contributed by atoms with Crippen molar-refractivity contribution in [3.8, 4) is 95.0 Å². The highest BCUT2D eigenvalue weighted by Crippen LogP contribution is 2.50. The van der Waals surface area contributed by atoms with Gasteiger partial charge in [-0.25, -0.2) is 0 Å². The average Bonchev–Trinajstić information content (AvgIpc) is 1.57. The van der Waals surface area contributed by atoms with Crippen LogP contribution in [-0.2, 0) is 0 Å². The van der Waals surface area contributed by atoms with Crippen LogP contribution in [0, 0.1) is 0 Å². The fourth-order valence-electron chi connectivity index (χ4n) is 21.6. The summed E-state index contributed by atoms with van der Waals surface area (Å²) in [5, 5.41) is 18.2. The molecular formula is C128H77N3O6. The van der Waals surface area contributed by atoms with E-state index in [1.54, 1.807) is 0 Å². The van der Waals surface area contributed by atoms with Crippen molar-refractivity contribution >= 4 is 186 Å². The van der Waals surface area contributed by atoms with Crippen molar-refractivity contribution in [3.63, 3.8) is 0 Å². The molecule has 0 fully saturated rings. The molecule has 30 rings (SSSR count). The molecular weight excluding hydrogens is 1680 g/mol. The van der Waals surface area contributed by atoms with Crippen molar-refractivity contribution in [2.24, 2.45) is 0 Å². The third kappa shape index (κ3) is 12.5. The summed E-state index contributed by atoms with van der Waals surface area (Å²) < 4.78 is 46.1. The van der Waals surface area contributed by atoms with Crippen LogP contribution in [0.1, 0.15) is 0 Å². The van der Waals surface area contributed by atoms with Crippen LogP contribution in [0.3, 0.4) is 0 Å². The predicted molar refractivity (Wildman–Crippen MR) is 567 cm³/mol. The Morgan fingerprint density at radius 2 is 0.482 bits per heavy atom. The first kappa shape index (κ1) is 77.3. The number of hydrogen-bond donors (Lipinski definition) is 0. The van der Waals surface area contributed by atoms with Gasteiger partial charge in [-0.15, -0.1) is 0 Å². The van der Waals surface area contributed by atoms with Crippen molar-refractivity contribution in [2.45, 2.75) is 0 Å². The van der Waals surface area contributed by atoms with Crippen LogP contribution in [0.25, 0.3) is 281 Å². The van der Waals surface area contributed by atoms with E-state index in [0.717, 1.165) is 260 Å². The lowest BCUT2D eigenvalue weighted by molar-refractivity contribution is 0.669. The number of hydrogen-bond acceptors (Lipinski definition) is 6. The third-order valence-electron chi connectivity index (χ3n) is 27.8. The molecule has 0 saturated carbocycles. The Labute approximate surface area is 783 Å². The zero-order valence-electron chi connectivity index (χ0n) is 73.7. The van der Waals surface area contributed by atoms with Crippen LogP contribution < -0.4 is 0 Å². The maximum absolute atomic E-state index is 6.62. The van der Waals surface area contributed by atoms with Crippen molar-refractivity contribution in [1.82, 2.24) is 13.7 Å². The number of rotatable bonds is 10. The van der Waals surface area contributed by atoms with Crippen LogP contribution in [0.2, 0.25) is 0 Å². The van der Waals surface area contributed by atoms with Crippen molar-refractivity contribution < 1.29 is 26.5 Å². The predicted octanol–water partition coefficient (Wildman–Crippen LogP) is 36.3. The minimum absolute atomic E-state index is 0.884. The molecule has 0 bridgehead atoms. The highest BCUT2D eigenvalue weighted by Gasteiger charge is 2.27. The van der Waals surface area contributed by atoms with E-state index in [-0.39, 0.29) is 0 Å². The zero-order valence-corrected chi connectivity index (χ0v) is 73.7. The van der Waals surface area contributed by atoms with Gasteiger partial charge >= 0.3 is 0 Å². The second-order valence-corrected chi connectivity index (χ2v) is 35.5. The highest BCUT2D eigenvalue weighted by molar-refractivity contribution is 6.24. The number of furan rings is 6. The van der Waals surface area contributed by atoms with Crippen LogP contribution >= 0.6 is 0 Å². The normalized spacial score (nSPS) is 11.9. The van der Waals surface area contributed by atoms with Gasteiger partial charge < -0.3 is 40.2 Å². The molecule has 9 heteroatoms. The van der Waals surface area contributed by atoms with Crippen molar-refractivity contribution in [2.75, 3.05) is 0 Å². The first-order valence-electron chi connectivity index (χ1n) is 46.5. The van der Waals surface area contributed by atoms with Gasteiger partial charge in [0.25, 0.3) is 0 Å². The van der Waals surface area contributed by atoms with E-state index in [4.69, 9.17) is 26.5 Å². The van der Waals surface area contributed by atoms with E-state index in [0.29, 0.717) is 0 Å². The van der Waals surface area contributed by atoms with Crippen molar-refractivity contribution in [3.05, 3.63) is 467 Å². The molecule has 0 N–H and O–H groups in total. The largest absolute Gasteiger partial charge is 0.456 e. The molecule has 9 nitrogen and oxygen atoms in total. The highest BCUT2D eigenvalue weighted by atomic mass is 16.4. The SMILES string of the molecule is c1ccc(-c2cccc3c2oc2cccc(-c4cccc(-c5ccc6oc7c8ccccc8n(-c8ccccc8)c7c6c5)c4)c23)cc1.c1ccc(-n2c3ccccc3c3oc4ccc(-c5cccc(-c6cccc7oc8c9ccccc9ccc8c67)c5)cc4c32)cc1.c1ccc(-n2c3ccccc3c3oc4cccc(-c5cccc(-c6ccc7c(c6)oc6cc8ccccc8cc67)c5)c4c32)cc1. The summed E-state index contributed by atoms with van der Waals surface area (Å²) >= 11 is 0. The lowest BCUT2D eigenvalue weighted by Gasteiger charge is -2.10. The first-order chi connectivity index (χ1) is 67.9.